The summed E-state index contributed by atoms with van der Waals surface area (Å²) in [5, 5.41) is 1.20. The molecule has 1 unspecified atom stereocenters. The molecule has 1 aromatic carbocycles. The van der Waals surface area contributed by atoms with Crippen LogP contribution in [0, 0.1) is 0 Å². The molecule has 4 nitrogen and oxygen atoms in total. The van der Waals surface area contributed by atoms with E-state index in [9.17, 15) is 8.42 Å². The Labute approximate surface area is 146 Å². The van der Waals surface area contributed by atoms with Gasteiger partial charge in [0.05, 0.1) is 12.9 Å². The van der Waals surface area contributed by atoms with Gasteiger partial charge >= 0.3 is 0 Å². The van der Waals surface area contributed by atoms with Crippen LogP contribution in [-0.2, 0) is 20.7 Å². The van der Waals surface area contributed by atoms with Crippen LogP contribution < -0.4 is 0 Å². The van der Waals surface area contributed by atoms with E-state index in [0.717, 1.165) is 16.8 Å². The van der Waals surface area contributed by atoms with Crippen molar-refractivity contribution in [1.29, 1.82) is 0 Å². The Kier molecular flexibility index (Phi) is 4.99. The topological polar surface area (TPSA) is 56.3 Å². The first-order valence-corrected chi connectivity index (χ1v) is 10.3. The maximum absolute atomic E-state index is 11.2. The molecule has 2 heterocycles. The third kappa shape index (κ3) is 3.83. The zero-order valence-electron chi connectivity index (χ0n) is 13.6. The van der Waals surface area contributed by atoms with Gasteiger partial charge in [0, 0.05) is 33.8 Å². The summed E-state index contributed by atoms with van der Waals surface area (Å²) in [6.07, 6.45) is 3.45. The second-order valence-corrected chi connectivity index (χ2v) is 8.47. The summed E-state index contributed by atoms with van der Waals surface area (Å²) < 4.78 is 28.5. The van der Waals surface area contributed by atoms with Crippen molar-refractivity contribution >= 4 is 31.5 Å². The predicted molar refractivity (Wildman–Crippen MR) is 98.1 cm³/mol. The fraction of sp³-hybridized carbons (Fsp3) is 0.278. The summed E-state index contributed by atoms with van der Waals surface area (Å²) >= 11 is 1.69. The lowest BCUT2D eigenvalue weighted by Crippen LogP contribution is -2.07. The fourth-order valence-corrected chi connectivity index (χ4v) is 4.51. The monoisotopic (exact) mass is 361 g/mol. The predicted octanol–water partition coefficient (Wildman–Crippen LogP) is 3.97. The van der Waals surface area contributed by atoms with Crippen LogP contribution in [0.25, 0.3) is 10.1 Å². The minimum absolute atomic E-state index is 0.135. The highest BCUT2D eigenvalue weighted by Crippen LogP contribution is 2.38. The molecule has 0 aliphatic carbocycles. The molecule has 24 heavy (non-hydrogen) atoms. The molecule has 0 radical (unpaired) electrons. The lowest BCUT2D eigenvalue weighted by molar-refractivity contribution is 0.326. The lowest BCUT2D eigenvalue weighted by atomic mass is 9.93. The molecule has 2 aromatic heterocycles. The molecular formula is C18H19NO3S2. The normalized spacial score (nSPS) is 13.2. The van der Waals surface area contributed by atoms with Gasteiger partial charge < -0.3 is 0 Å². The Bertz CT molecular complexity index is 933. The van der Waals surface area contributed by atoms with Gasteiger partial charge in [0.2, 0.25) is 0 Å². The first-order valence-electron chi connectivity index (χ1n) is 7.71. The van der Waals surface area contributed by atoms with Gasteiger partial charge in [-0.1, -0.05) is 31.2 Å². The summed E-state index contributed by atoms with van der Waals surface area (Å²) in [6, 6.07) is 14.2. The van der Waals surface area contributed by atoms with Crippen LogP contribution in [0.4, 0.5) is 0 Å². The quantitative estimate of drug-likeness (QED) is 0.624. The van der Waals surface area contributed by atoms with Gasteiger partial charge in [-0.05, 0) is 29.1 Å². The van der Waals surface area contributed by atoms with E-state index < -0.39 is 10.1 Å². The van der Waals surface area contributed by atoms with Crippen LogP contribution in [0.5, 0.6) is 0 Å². The molecule has 0 aliphatic heterocycles. The van der Waals surface area contributed by atoms with Gasteiger partial charge in [-0.25, -0.2) is 0 Å². The van der Waals surface area contributed by atoms with Crippen molar-refractivity contribution in [3.8, 4) is 0 Å². The standard InChI is InChI=1S/C18H19NO3S2/c1-13(15-8-5-6-11-19-15)18-14-7-3-4-9-16(14)23-17(18)10-12-22-24(2,20)21/h3-9,11,13H,10,12H2,1-2H3. The molecule has 0 amide bonds. The van der Waals surface area contributed by atoms with E-state index in [1.807, 2.05) is 30.3 Å². The second-order valence-electron chi connectivity index (χ2n) is 5.69. The molecule has 3 rings (SSSR count). The second kappa shape index (κ2) is 7.01. The number of thiophene rings is 1. The summed E-state index contributed by atoms with van der Waals surface area (Å²) in [7, 11) is -3.42. The first-order chi connectivity index (χ1) is 11.5. The lowest BCUT2D eigenvalue weighted by Gasteiger charge is -2.13. The number of hydrogen-bond donors (Lipinski definition) is 0. The Balaban J connectivity index is 1.99. The third-order valence-corrected chi connectivity index (χ3v) is 5.74. The Hall–Kier alpha value is -1.76. The van der Waals surface area contributed by atoms with E-state index in [4.69, 9.17) is 4.18 Å². The van der Waals surface area contributed by atoms with Crippen LogP contribution in [-0.4, -0.2) is 26.3 Å². The van der Waals surface area contributed by atoms with Crippen molar-refractivity contribution in [2.45, 2.75) is 19.3 Å². The highest BCUT2D eigenvalue weighted by molar-refractivity contribution is 7.85. The molecule has 0 saturated carbocycles. The Morgan fingerprint density at radius 1 is 1.17 bits per heavy atom. The van der Waals surface area contributed by atoms with E-state index in [1.165, 1.54) is 15.6 Å². The molecule has 126 valence electrons. The van der Waals surface area contributed by atoms with Gasteiger partial charge in [0.15, 0.2) is 0 Å². The van der Waals surface area contributed by atoms with Gasteiger partial charge in [-0.2, -0.15) is 8.42 Å². The van der Waals surface area contributed by atoms with E-state index in [2.05, 4.69) is 24.0 Å². The average molecular weight is 361 g/mol. The van der Waals surface area contributed by atoms with Crippen LogP contribution in [0.1, 0.15) is 29.0 Å². The zero-order valence-corrected chi connectivity index (χ0v) is 15.2. The molecule has 0 fully saturated rings. The maximum atomic E-state index is 11.2. The smallest absolute Gasteiger partial charge is 0.264 e. The minimum Gasteiger partial charge on any atom is -0.270 e. The summed E-state index contributed by atoms with van der Waals surface area (Å²) in [5.74, 6) is 0.135. The number of nitrogens with zero attached hydrogens (tertiary/aromatic N) is 1. The van der Waals surface area contributed by atoms with Gasteiger partial charge in [-0.15, -0.1) is 11.3 Å². The SMILES string of the molecule is CC(c1ccccn1)c1c(CCOS(C)(=O)=O)sc2ccccc12. The number of hydrogen-bond acceptors (Lipinski definition) is 5. The summed E-state index contributed by atoms with van der Waals surface area (Å²) in [6.45, 7) is 2.30. The highest BCUT2D eigenvalue weighted by Gasteiger charge is 2.20. The van der Waals surface area contributed by atoms with Crippen LogP contribution in [0.15, 0.2) is 48.7 Å². The Morgan fingerprint density at radius 3 is 2.62 bits per heavy atom. The summed E-state index contributed by atoms with van der Waals surface area (Å²) in [4.78, 5) is 5.63. The molecule has 0 aliphatic rings. The highest BCUT2D eigenvalue weighted by atomic mass is 32.2. The largest absolute Gasteiger partial charge is 0.270 e. The van der Waals surface area contributed by atoms with Crippen molar-refractivity contribution < 1.29 is 12.6 Å². The first kappa shape index (κ1) is 17.1. The number of fused-ring (bicyclic) bond motifs is 1. The van der Waals surface area contributed by atoms with E-state index in [1.54, 1.807) is 17.5 Å². The van der Waals surface area contributed by atoms with Crippen molar-refractivity contribution in [2.24, 2.45) is 0 Å². The van der Waals surface area contributed by atoms with Gasteiger partial charge in [-0.3, -0.25) is 9.17 Å². The number of pyridine rings is 1. The van der Waals surface area contributed by atoms with Crippen LogP contribution in [0.2, 0.25) is 0 Å². The van der Waals surface area contributed by atoms with Gasteiger partial charge in [0.25, 0.3) is 10.1 Å². The number of aromatic nitrogens is 1. The van der Waals surface area contributed by atoms with E-state index in [-0.39, 0.29) is 12.5 Å². The maximum Gasteiger partial charge on any atom is 0.264 e. The third-order valence-electron chi connectivity index (χ3n) is 3.90. The van der Waals surface area contributed by atoms with Crippen LogP contribution in [0.3, 0.4) is 0 Å². The molecular weight excluding hydrogens is 342 g/mol. The molecule has 3 aromatic rings. The van der Waals surface area contributed by atoms with Gasteiger partial charge in [0.1, 0.15) is 0 Å². The molecule has 0 N–H and O–H groups in total. The zero-order chi connectivity index (χ0) is 17.2. The molecule has 0 spiro atoms. The van der Waals surface area contributed by atoms with E-state index >= 15 is 0 Å². The van der Waals surface area contributed by atoms with Crippen LogP contribution >= 0.6 is 11.3 Å². The molecule has 1 atom stereocenters. The number of rotatable bonds is 6. The summed E-state index contributed by atoms with van der Waals surface area (Å²) in [5.41, 5.74) is 2.22. The van der Waals surface area contributed by atoms with Crippen molar-refractivity contribution in [1.82, 2.24) is 4.98 Å². The minimum atomic E-state index is -3.42. The number of benzene rings is 1. The fourth-order valence-electron chi connectivity index (χ4n) is 2.84. The average Bonchev–Trinajstić information content (AvgIpc) is 2.92. The van der Waals surface area contributed by atoms with Crippen molar-refractivity contribution in [2.75, 3.05) is 12.9 Å². The van der Waals surface area contributed by atoms with E-state index in [0.29, 0.717) is 6.42 Å². The molecule has 0 saturated heterocycles. The van der Waals surface area contributed by atoms with Crippen molar-refractivity contribution in [3.63, 3.8) is 0 Å². The molecule has 6 heteroatoms. The molecule has 0 bridgehead atoms. The Morgan fingerprint density at radius 2 is 1.92 bits per heavy atom. The van der Waals surface area contributed by atoms with Crippen molar-refractivity contribution in [3.05, 3.63) is 64.8 Å².